The molecule has 0 spiro atoms. The van der Waals surface area contributed by atoms with Gasteiger partial charge in [-0.3, -0.25) is 14.5 Å². The number of carbonyl (C=O) groups is 2. The molecule has 1 N–H and O–H groups in total. The van der Waals surface area contributed by atoms with Crippen molar-refractivity contribution in [3.8, 4) is 0 Å². The summed E-state index contributed by atoms with van der Waals surface area (Å²) in [6.45, 7) is 1.62. The summed E-state index contributed by atoms with van der Waals surface area (Å²) >= 11 is 0. The SMILES string of the molecule is O=C(C[C@H]1C(=O)OCCN1Cc1ccccc1)Nc1ccccc1. The monoisotopic (exact) mass is 324 g/mol. The first-order valence-corrected chi connectivity index (χ1v) is 8.02. The van der Waals surface area contributed by atoms with Crippen LogP contribution in [0.5, 0.6) is 0 Å². The van der Waals surface area contributed by atoms with Crippen LogP contribution in [0.25, 0.3) is 0 Å². The van der Waals surface area contributed by atoms with Crippen molar-refractivity contribution in [1.82, 2.24) is 4.90 Å². The summed E-state index contributed by atoms with van der Waals surface area (Å²) in [4.78, 5) is 26.4. The summed E-state index contributed by atoms with van der Waals surface area (Å²) in [6, 6.07) is 18.6. The maximum absolute atomic E-state index is 12.3. The van der Waals surface area contributed by atoms with Gasteiger partial charge in [-0.2, -0.15) is 0 Å². The molecule has 2 aromatic carbocycles. The second kappa shape index (κ2) is 7.75. The number of carbonyl (C=O) groups excluding carboxylic acids is 2. The third-order valence-electron chi connectivity index (χ3n) is 4.00. The normalized spacial score (nSPS) is 18.0. The van der Waals surface area contributed by atoms with Gasteiger partial charge in [-0.25, -0.2) is 0 Å². The molecule has 0 unspecified atom stereocenters. The van der Waals surface area contributed by atoms with Crippen LogP contribution in [0, 0.1) is 0 Å². The molecule has 24 heavy (non-hydrogen) atoms. The molecule has 2 aromatic rings. The average Bonchev–Trinajstić information content (AvgIpc) is 2.60. The second-order valence-corrected chi connectivity index (χ2v) is 5.76. The first-order valence-electron chi connectivity index (χ1n) is 8.02. The van der Waals surface area contributed by atoms with E-state index in [1.54, 1.807) is 0 Å². The number of rotatable bonds is 5. The van der Waals surface area contributed by atoms with Crippen molar-refractivity contribution < 1.29 is 14.3 Å². The summed E-state index contributed by atoms with van der Waals surface area (Å²) in [6.07, 6.45) is 0.0839. The first-order chi connectivity index (χ1) is 11.7. The third-order valence-corrected chi connectivity index (χ3v) is 4.00. The zero-order valence-corrected chi connectivity index (χ0v) is 13.4. The summed E-state index contributed by atoms with van der Waals surface area (Å²) in [5.74, 6) is -0.525. The largest absolute Gasteiger partial charge is 0.463 e. The number of cyclic esters (lactones) is 1. The van der Waals surface area contributed by atoms with E-state index < -0.39 is 6.04 Å². The van der Waals surface area contributed by atoms with Gasteiger partial charge < -0.3 is 10.1 Å². The minimum absolute atomic E-state index is 0.0839. The van der Waals surface area contributed by atoms with Gasteiger partial charge in [-0.05, 0) is 17.7 Å². The van der Waals surface area contributed by atoms with Crippen LogP contribution in [0.2, 0.25) is 0 Å². The number of ether oxygens (including phenoxy) is 1. The van der Waals surface area contributed by atoms with Crippen LogP contribution >= 0.6 is 0 Å². The number of hydrogen-bond donors (Lipinski definition) is 1. The van der Waals surface area contributed by atoms with Crippen molar-refractivity contribution in [3.05, 3.63) is 66.2 Å². The number of nitrogens with one attached hydrogen (secondary N) is 1. The molecule has 1 fully saturated rings. The van der Waals surface area contributed by atoms with Crippen LogP contribution in [0.4, 0.5) is 5.69 Å². The highest BCUT2D eigenvalue weighted by atomic mass is 16.5. The van der Waals surface area contributed by atoms with E-state index in [0.717, 1.165) is 11.3 Å². The van der Waals surface area contributed by atoms with Crippen molar-refractivity contribution in [2.24, 2.45) is 0 Å². The minimum atomic E-state index is -0.553. The number of benzene rings is 2. The highest BCUT2D eigenvalue weighted by Gasteiger charge is 2.33. The molecule has 0 bridgehead atoms. The van der Waals surface area contributed by atoms with Gasteiger partial charge in [0.2, 0.25) is 5.91 Å². The molecule has 1 heterocycles. The molecule has 0 saturated carbocycles. The Morgan fingerprint density at radius 3 is 2.46 bits per heavy atom. The van der Waals surface area contributed by atoms with Gasteiger partial charge in [0.05, 0.1) is 6.42 Å². The van der Waals surface area contributed by atoms with E-state index in [4.69, 9.17) is 4.74 Å². The molecular weight excluding hydrogens is 304 g/mol. The van der Waals surface area contributed by atoms with Crippen LogP contribution in [0.3, 0.4) is 0 Å². The van der Waals surface area contributed by atoms with E-state index in [2.05, 4.69) is 5.32 Å². The van der Waals surface area contributed by atoms with Gasteiger partial charge in [0, 0.05) is 18.8 Å². The zero-order chi connectivity index (χ0) is 16.8. The molecule has 1 aliphatic rings. The Bertz CT molecular complexity index is 688. The lowest BCUT2D eigenvalue weighted by Crippen LogP contribution is -2.49. The molecule has 1 saturated heterocycles. The molecule has 1 aliphatic heterocycles. The summed E-state index contributed by atoms with van der Waals surface area (Å²) in [5, 5.41) is 2.82. The number of morpholine rings is 1. The number of anilines is 1. The first kappa shape index (κ1) is 16.2. The maximum atomic E-state index is 12.3. The van der Waals surface area contributed by atoms with Crippen molar-refractivity contribution in [3.63, 3.8) is 0 Å². The lowest BCUT2D eigenvalue weighted by Gasteiger charge is -2.33. The average molecular weight is 324 g/mol. The summed E-state index contributed by atoms with van der Waals surface area (Å²) in [7, 11) is 0. The molecule has 1 atom stereocenters. The van der Waals surface area contributed by atoms with Crippen molar-refractivity contribution in [2.45, 2.75) is 19.0 Å². The van der Waals surface area contributed by atoms with Crippen LogP contribution in [0.1, 0.15) is 12.0 Å². The fourth-order valence-electron chi connectivity index (χ4n) is 2.79. The molecule has 1 amide bonds. The zero-order valence-electron chi connectivity index (χ0n) is 13.4. The van der Waals surface area contributed by atoms with E-state index in [1.807, 2.05) is 65.6 Å². The molecule has 5 heteroatoms. The van der Waals surface area contributed by atoms with Gasteiger partial charge in [-0.1, -0.05) is 48.5 Å². The van der Waals surface area contributed by atoms with Crippen molar-refractivity contribution >= 4 is 17.6 Å². The number of amides is 1. The van der Waals surface area contributed by atoms with Crippen LogP contribution in [0.15, 0.2) is 60.7 Å². The van der Waals surface area contributed by atoms with Gasteiger partial charge >= 0.3 is 5.97 Å². The second-order valence-electron chi connectivity index (χ2n) is 5.76. The van der Waals surface area contributed by atoms with Gasteiger partial charge in [0.25, 0.3) is 0 Å². The molecule has 0 aromatic heterocycles. The summed E-state index contributed by atoms with van der Waals surface area (Å²) in [5.41, 5.74) is 1.84. The van der Waals surface area contributed by atoms with E-state index in [9.17, 15) is 9.59 Å². The fraction of sp³-hybridized carbons (Fsp3) is 0.263. The quantitative estimate of drug-likeness (QED) is 0.858. The van der Waals surface area contributed by atoms with E-state index in [1.165, 1.54) is 0 Å². The predicted molar refractivity (Wildman–Crippen MR) is 91.3 cm³/mol. The topological polar surface area (TPSA) is 58.6 Å². The van der Waals surface area contributed by atoms with Crippen LogP contribution in [-0.2, 0) is 20.9 Å². The molecular formula is C19H20N2O3. The van der Waals surface area contributed by atoms with Gasteiger partial charge in [-0.15, -0.1) is 0 Å². The number of hydrogen-bond acceptors (Lipinski definition) is 4. The molecule has 0 radical (unpaired) electrons. The van der Waals surface area contributed by atoms with Crippen molar-refractivity contribution in [2.75, 3.05) is 18.5 Å². The Hall–Kier alpha value is -2.66. The Morgan fingerprint density at radius 2 is 1.75 bits per heavy atom. The lowest BCUT2D eigenvalue weighted by molar-refractivity contribution is -0.159. The third kappa shape index (κ3) is 4.20. The maximum Gasteiger partial charge on any atom is 0.323 e. The van der Waals surface area contributed by atoms with Crippen molar-refractivity contribution in [1.29, 1.82) is 0 Å². The molecule has 0 aliphatic carbocycles. The van der Waals surface area contributed by atoms with E-state index >= 15 is 0 Å². The standard InChI is InChI=1S/C19H20N2O3/c22-18(20-16-9-5-2-6-10-16)13-17-19(23)24-12-11-21(17)14-15-7-3-1-4-8-15/h1-10,17H,11-14H2,(H,20,22)/t17-/m0/s1. The van der Waals surface area contributed by atoms with E-state index in [-0.39, 0.29) is 18.3 Å². The Morgan fingerprint density at radius 1 is 1.08 bits per heavy atom. The van der Waals surface area contributed by atoms with Crippen LogP contribution < -0.4 is 5.32 Å². The van der Waals surface area contributed by atoms with Crippen LogP contribution in [-0.4, -0.2) is 36.0 Å². The number of para-hydroxylation sites is 1. The number of nitrogens with zero attached hydrogens (tertiary/aromatic N) is 1. The summed E-state index contributed by atoms with van der Waals surface area (Å²) < 4.78 is 5.15. The minimum Gasteiger partial charge on any atom is -0.463 e. The van der Waals surface area contributed by atoms with Gasteiger partial charge in [0.1, 0.15) is 12.6 Å². The fourth-order valence-corrected chi connectivity index (χ4v) is 2.79. The lowest BCUT2D eigenvalue weighted by atomic mass is 10.1. The van der Waals surface area contributed by atoms with Gasteiger partial charge in [0.15, 0.2) is 0 Å². The molecule has 124 valence electrons. The highest BCUT2D eigenvalue weighted by molar-refractivity contribution is 5.94. The highest BCUT2D eigenvalue weighted by Crippen LogP contribution is 2.17. The predicted octanol–water partition coefficient (Wildman–Crippen LogP) is 2.44. The smallest absolute Gasteiger partial charge is 0.323 e. The molecule has 3 rings (SSSR count). The Balaban J connectivity index is 1.65. The van der Waals surface area contributed by atoms with E-state index in [0.29, 0.717) is 19.7 Å². The Labute approximate surface area is 141 Å². The number of esters is 1. The molecule has 5 nitrogen and oxygen atoms in total. The Kier molecular flexibility index (Phi) is 5.23.